The fraction of sp³-hybridized carbons (Fsp3) is 0.308. The van der Waals surface area contributed by atoms with E-state index in [0.29, 0.717) is 5.82 Å². The molecule has 86 valence electrons. The topological polar surface area (TPSA) is 64.7 Å². The maximum absolute atomic E-state index is 5.78. The number of hydrogen-bond acceptors (Lipinski definition) is 4. The first-order chi connectivity index (χ1) is 8.24. The maximum Gasteiger partial charge on any atom is 0.127 e. The van der Waals surface area contributed by atoms with Crippen LogP contribution in [0.15, 0.2) is 24.4 Å². The minimum atomic E-state index is 0.273. The Kier molecular flexibility index (Phi) is 2.28. The molecule has 1 aliphatic carbocycles. The summed E-state index contributed by atoms with van der Waals surface area (Å²) in [4.78, 5) is 13.1. The van der Waals surface area contributed by atoms with Gasteiger partial charge in [0.1, 0.15) is 11.6 Å². The number of hydrogen-bond donors (Lipinski definition) is 1. The normalized spacial score (nSPS) is 18.1. The first-order valence-electron chi connectivity index (χ1n) is 5.79. The van der Waals surface area contributed by atoms with Gasteiger partial charge in [-0.15, -0.1) is 0 Å². The zero-order valence-corrected chi connectivity index (χ0v) is 9.72. The lowest BCUT2D eigenvalue weighted by Crippen LogP contribution is -2.05. The highest BCUT2D eigenvalue weighted by Crippen LogP contribution is 2.35. The van der Waals surface area contributed by atoms with Crippen molar-refractivity contribution in [3.05, 3.63) is 47.2 Å². The van der Waals surface area contributed by atoms with Crippen LogP contribution in [0.1, 0.15) is 35.1 Å². The summed E-state index contributed by atoms with van der Waals surface area (Å²) >= 11 is 0. The highest BCUT2D eigenvalue weighted by Gasteiger charge is 2.26. The molecule has 0 radical (unpaired) electrons. The lowest BCUT2D eigenvalue weighted by molar-refractivity contribution is 0.737. The van der Waals surface area contributed by atoms with Crippen LogP contribution in [0.2, 0.25) is 0 Å². The molecular weight excluding hydrogens is 212 g/mol. The molecule has 2 N–H and O–H groups in total. The molecule has 4 heteroatoms. The van der Waals surface area contributed by atoms with Crippen molar-refractivity contribution in [3.8, 4) is 0 Å². The molecule has 1 aliphatic rings. The van der Waals surface area contributed by atoms with Crippen molar-refractivity contribution in [2.24, 2.45) is 0 Å². The Morgan fingerprint density at radius 3 is 3.06 bits per heavy atom. The van der Waals surface area contributed by atoms with Gasteiger partial charge in [-0.25, -0.2) is 9.97 Å². The van der Waals surface area contributed by atoms with Gasteiger partial charge in [0.2, 0.25) is 0 Å². The summed E-state index contributed by atoms with van der Waals surface area (Å²) in [7, 11) is 0. The number of fused-ring (bicyclic) bond motifs is 1. The van der Waals surface area contributed by atoms with E-state index in [1.54, 1.807) is 0 Å². The molecule has 3 rings (SSSR count). The third-order valence-electron chi connectivity index (χ3n) is 3.19. The molecule has 0 aliphatic heterocycles. The number of nitrogen functional groups attached to an aromatic ring is 1. The second kappa shape index (κ2) is 3.80. The van der Waals surface area contributed by atoms with Gasteiger partial charge in [-0.3, -0.25) is 4.98 Å². The summed E-state index contributed by atoms with van der Waals surface area (Å²) in [6, 6.07) is 5.99. The minimum Gasteiger partial charge on any atom is -0.384 e. The van der Waals surface area contributed by atoms with E-state index in [1.165, 1.54) is 5.56 Å². The summed E-state index contributed by atoms with van der Waals surface area (Å²) in [5.41, 5.74) is 9.24. The minimum absolute atomic E-state index is 0.273. The number of anilines is 1. The van der Waals surface area contributed by atoms with Crippen molar-refractivity contribution in [1.82, 2.24) is 15.0 Å². The predicted octanol–water partition coefficient (Wildman–Crippen LogP) is 1.84. The Labute approximate surface area is 99.9 Å². The number of nitrogens with zero attached hydrogens (tertiary/aromatic N) is 3. The van der Waals surface area contributed by atoms with Crippen LogP contribution >= 0.6 is 0 Å². The molecule has 0 saturated heterocycles. The van der Waals surface area contributed by atoms with Gasteiger partial charge in [0.05, 0.1) is 11.4 Å². The summed E-state index contributed by atoms with van der Waals surface area (Å²) in [5, 5.41) is 0. The number of aromatic nitrogens is 3. The molecule has 0 aromatic carbocycles. The summed E-state index contributed by atoms with van der Waals surface area (Å²) < 4.78 is 0. The van der Waals surface area contributed by atoms with Crippen molar-refractivity contribution in [2.75, 3.05) is 5.73 Å². The molecule has 0 amide bonds. The van der Waals surface area contributed by atoms with E-state index in [1.807, 2.05) is 25.3 Å². The van der Waals surface area contributed by atoms with Crippen LogP contribution in [0.3, 0.4) is 0 Å². The van der Waals surface area contributed by atoms with Gasteiger partial charge in [0.15, 0.2) is 0 Å². The first kappa shape index (κ1) is 10.2. The van der Waals surface area contributed by atoms with Crippen LogP contribution in [0.5, 0.6) is 0 Å². The van der Waals surface area contributed by atoms with Crippen LogP contribution in [-0.4, -0.2) is 15.0 Å². The molecule has 0 spiro atoms. The fourth-order valence-electron chi connectivity index (χ4n) is 2.49. The third-order valence-corrected chi connectivity index (χ3v) is 3.19. The van der Waals surface area contributed by atoms with Crippen molar-refractivity contribution in [2.45, 2.75) is 25.7 Å². The molecule has 0 bridgehead atoms. The third kappa shape index (κ3) is 1.75. The number of nitrogens with two attached hydrogens (primary N) is 1. The fourth-order valence-corrected chi connectivity index (χ4v) is 2.49. The zero-order chi connectivity index (χ0) is 11.8. The number of pyridine rings is 1. The van der Waals surface area contributed by atoms with Crippen molar-refractivity contribution < 1.29 is 0 Å². The van der Waals surface area contributed by atoms with E-state index < -0.39 is 0 Å². The quantitative estimate of drug-likeness (QED) is 0.805. The van der Waals surface area contributed by atoms with Crippen LogP contribution < -0.4 is 5.73 Å². The molecule has 2 aromatic rings. The summed E-state index contributed by atoms with van der Waals surface area (Å²) in [5.74, 6) is 1.54. The molecular formula is C13H14N4. The SMILES string of the molecule is Cc1nc(N)cc(C2CCc3cccnc32)n1. The maximum atomic E-state index is 5.78. The van der Waals surface area contributed by atoms with E-state index >= 15 is 0 Å². The van der Waals surface area contributed by atoms with Crippen LogP contribution in [-0.2, 0) is 6.42 Å². The van der Waals surface area contributed by atoms with Gasteiger partial charge in [0.25, 0.3) is 0 Å². The second-order valence-electron chi connectivity index (χ2n) is 4.40. The van der Waals surface area contributed by atoms with Gasteiger partial charge in [-0.1, -0.05) is 6.07 Å². The zero-order valence-electron chi connectivity index (χ0n) is 9.72. The Bertz CT molecular complexity index is 545. The number of aryl methyl sites for hydroxylation is 2. The van der Waals surface area contributed by atoms with E-state index in [4.69, 9.17) is 5.73 Å². The first-order valence-corrected chi connectivity index (χ1v) is 5.79. The van der Waals surface area contributed by atoms with Crippen molar-refractivity contribution in [3.63, 3.8) is 0 Å². The highest BCUT2D eigenvalue weighted by molar-refractivity contribution is 5.39. The highest BCUT2D eigenvalue weighted by atomic mass is 14.9. The number of rotatable bonds is 1. The monoisotopic (exact) mass is 226 g/mol. The molecule has 2 heterocycles. The second-order valence-corrected chi connectivity index (χ2v) is 4.40. The Balaban J connectivity index is 2.06. The van der Waals surface area contributed by atoms with E-state index in [0.717, 1.165) is 30.1 Å². The lowest BCUT2D eigenvalue weighted by Gasteiger charge is -2.11. The van der Waals surface area contributed by atoms with Crippen LogP contribution in [0.25, 0.3) is 0 Å². The van der Waals surface area contributed by atoms with Crippen molar-refractivity contribution >= 4 is 5.82 Å². The molecule has 0 fully saturated rings. The lowest BCUT2D eigenvalue weighted by atomic mass is 10.0. The van der Waals surface area contributed by atoms with E-state index in [2.05, 4.69) is 21.0 Å². The van der Waals surface area contributed by atoms with Gasteiger partial charge in [-0.05, 0) is 31.4 Å². The van der Waals surface area contributed by atoms with Crippen LogP contribution in [0.4, 0.5) is 5.82 Å². The van der Waals surface area contributed by atoms with Gasteiger partial charge in [-0.2, -0.15) is 0 Å². The Morgan fingerprint density at radius 1 is 1.35 bits per heavy atom. The molecule has 2 aromatic heterocycles. The predicted molar refractivity (Wildman–Crippen MR) is 65.6 cm³/mol. The molecule has 1 atom stereocenters. The van der Waals surface area contributed by atoms with Gasteiger partial charge >= 0.3 is 0 Å². The molecule has 4 nitrogen and oxygen atoms in total. The van der Waals surface area contributed by atoms with E-state index in [-0.39, 0.29) is 5.92 Å². The molecule has 1 unspecified atom stereocenters. The summed E-state index contributed by atoms with van der Waals surface area (Å²) in [6.07, 6.45) is 3.97. The standard InChI is InChI=1S/C13H14N4/c1-8-16-11(7-12(14)17-8)10-5-4-9-3-2-6-15-13(9)10/h2-3,6-7,10H,4-5H2,1H3,(H2,14,16,17). The van der Waals surface area contributed by atoms with Gasteiger partial charge < -0.3 is 5.73 Å². The summed E-state index contributed by atoms with van der Waals surface area (Å²) in [6.45, 7) is 1.87. The molecule has 17 heavy (non-hydrogen) atoms. The largest absolute Gasteiger partial charge is 0.384 e. The Morgan fingerprint density at radius 2 is 2.24 bits per heavy atom. The Hall–Kier alpha value is -1.97. The average Bonchev–Trinajstić information content (AvgIpc) is 2.71. The van der Waals surface area contributed by atoms with Crippen molar-refractivity contribution in [1.29, 1.82) is 0 Å². The van der Waals surface area contributed by atoms with Gasteiger partial charge in [0, 0.05) is 18.2 Å². The molecule has 0 saturated carbocycles. The average molecular weight is 226 g/mol. The van der Waals surface area contributed by atoms with Crippen LogP contribution in [0, 0.1) is 6.92 Å². The smallest absolute Gasteiger partial charge is 0.127 e. The van der Waals surface area contributed by atoms with E-state index in [9.17, 15) is 0 Å².